The number of aryl methyl sites for hydroxylation is 2. The summed E-state index contributed by atoms with van der Waals surface area (Å²) >= 11 is 10.3. The molecule has 0 aliphatic carbocycles. The van der Waals surface area contributed by atoms with E-state index in [1.54, 1.807) is 48.5 Å². The lowest BCUT2D eigenvalue weighted by Crippen LogP contribution is -2.27. The number of amides is 3. The first-order valence-corrected chi connectivity index (χ1v) is 13.5. The van der Waals surface area contributed by atoms with Gasteiger partial charge in [-0.25, -0.2) is 0 Å². The lowest BCUT2D eigenvalue weighted by Gasteiger charge is -2.13. The van der Waals surface area contributed by atoms with Crippen LogP contribution >= 0.6 is 39.3 Å². The number of rotatable bonds is 8. The fourth-order valence-corrected chi connectivity index (χ4v) is 5.18. The number of thioether (sulfide) groups is 1. The molecule has 0 radical (unpaired) electrons. The summed E-state index contributed by atoms with van der Waals surface area (Å²) in [7, 11) is 1.48. The van der Waals surface area contributed by atoms with Crippen LogP contribution in [0.5, 0.6) is 11.5 Å². The van der Waals surface area contributed by atoms with Gasteiger partial charge in [0.25, 0.3) is 17.1 Å². The Morgan fingerprint density at radius 3 is 2.47 bits per heavy atom. The zero-order valence-electron chi connectivity index (χ0n) is 20.8. The topological polar surface area (TPSA) is 84.9 Å². The van der Waals surface area contributed by atoms with Crippen LogP contribution in [0.2, 0.25) is 5.02 Å². The Morgan fingerprint density at radius 2 is 1.76 bits per heavy atom. The monoisotopic (exact) mass is 614 g/mol. The molecule has 196 valence electrons. The molecule has 3 amide bonds. The van der Waals surface area contributed by atoms with E-state index in [0.717, 1.165) is 32.9 Å². The number of benzene rings is 3. The van der Waals surface area contributed by atoms with Gasteiger partial charge in [0.1, 0.15) is 0 Å². The Morgan fingerprint density at radius 1 is 1.05 bits per heavy atom. The van der Waals surface area contributed by atoms with Crippen LogP contribution in [-0.4, -0.2) is 35.7 Å². The predicted octanol–water partition coefficient (Wildman–Crippen LogP) is 6.98. The van der Waals surface area contributed by atoms with Gasteiger partial charge in [0.15, 0.2) is 18.1 Å². The van der Waals surface area contributed by atoms with Crippen LogP contribution in [0.25, 0.3) is 6.08 Å². The molecule has 3 aromatic carbocycles. The van der Waals surface area contributed by atoms with Crippen molar-refractivity contribution in [1.29, 1.82) is 0 Å². The minimum atomic E-state index is -0.372. The number of carbonyl (C=O) groups is 3. The number of hydrogen-bond acceptors (Lipinski definition) is 6. The molecule has 7 nitrogen and oxygen atoms in total. The van der Waals surface area contributed by atoms with Crippen molar-refractivity contribution in [3.63, 3.8) is 0 Å². The Hall–Kier alpha value is -3.27. The predicted molar refractivity (Wildman–Crippen MR) is 154 cm³/mol. The van der Waals surface area contributed by atoms with Gasteiger partial charge in [-0.15, -0.1) is 0 Å². The highest BCUT2D eigenvalue weighted by Crippen LogP contribution is 2.35. The minimum absolute atomic E-state index is 0.163. The molecule has 0 unspecified atom stereocenters. The number of halogens is 2. The van der Waals surface area contributed by atoms with E-state index >= 15 is 0 Å². The Balaban J connectivity index is 1.42. The first-order valence-electron chi connectivity index (χ1n) is 11.5. The van der Waals surface area contributed by atoms with Crippen LogP contribution in [0.3, 0.4) is 0 Å². The maximum atomic E-state index is 12.9. The van der Waals surface area contributed by atoms with E-state index in [0.29, 0.717) is 32.7 Å². The van der Waals surface area contributed by atoms with Gasteiger partial charge in [-0.3, -0.25) is 19.3 Å². The number of nitrogens with one attached hydrogen (secondary N) is 1. The molecule has 3 aromatic rings. The van der Waals surface area contributed by atoms with Gasteiger partial charge in [0, 0.05) is 9.50 Å². The molecule has 1 aliphatic heterocycles. The molecule has 0 aromatic heterocycles. The van der Waals surface area contributed by atoms with E-state index in [1.807, 2.05) is 26.0 Å². The Kier molecular flexibility index (Phi) is 8.81. The van der Waals surface area contributed by atoms with Gasteiger partial charge in [-0.1, -0.05) is 29.8 Å². The normalized spacial score (nSPS) is 14.2. The molecule has 0 bridgehead atoms. The average Bonchev–Trinajstić information content (AvgIpc) is 3.14. The summed E-state index contributed by atoms with van der Waals surface area (Å²) < 4.78 is 11.9. The SMILES string of the molecule is COc1cc(/C=C2\SC(=O)N(Cc3ccc(Cl)cc3)C2=O)ccc1OCC(=O)Nc1cc(C)c(C)cc1Br. The fourth-order valence-electron chi connectivity index (χ4n) is 3.66. The van der Waals surface area contributed by atoms with Crippen molar-refractivity contribution < 1.29 is 23.9 Å². The van der Waals surface area contributed by atoms with Gasteiger partial charge in [0.2, 0.25) is 0 Å². The summed E-state index contributed by atoms with van der Waals surface area (Å²) in [6, 6.07) is 15.9. The van der Waals surface area contributed by atoms with E-state index in [2.05, 4.69) is 21.2 Å². The maximum absolute atomic E-state index is 12.9. The second-order valence-corrected chi connectivity index (χ2v) is 10.8. The van der Waals surface area contributed by atoms with E-state index < -0.39 is 0 Å². The second-order valence-electron chi connectivity index (χ2n) is 8.56. The second kappa shape index (κ2) is 12.1. The van der Waals surface area contributed by atoms with Crippen LogP contribution < -0.4 is 14.8 Å². The first-order chi connectivity index (χ1) is 18.1. The van der Waals surface area contributed by atoms with Crippen LogP contribution in [0, 0.1) is 13.8 Å². The van der Waals surface area contributed by atoms with Crippen molar-refractivity contribution in [1.82, 2.24) is 4.90 Å². The summed E-state index contributed by atoms with van der Waals surface area (Å²) in [6.45, 7) is 3.91. The fraction of sp³-hybridized carbons (Fsp3) is 0.179. The van der Waals surface area contributed by atoms with Crippen LogP contribution in [0.1, 0.15) is 22.3 Å². The summed E-state index contributed by atoms with van der Waals surface area (Å²) in [5.41, 5.74) is 4.28. The van der Waals surface area contributed by atoms with Crippen molar-refractivity contribution in [3.05, 3.63) is 91.3 Å². The third-order valence-corrected chi connectivity index (χ3v) is 7.64. The van der Waals surface area contributed by atoms with Crippen LogP contribution in [0.4, 0.5) is 10.5 Å². The molecular weight excluding hydrogens is 592 g/mol. The molecule has 0 atom stereocenters. The number of nitrogens with zero attached hydrogens (tertiary/aromatic N) is 1. The van der Waals surface area contributed by atoms with Gasteiger partial charge < -0.3 is 14.8 Å². The number of imide groups is 1. The largest absolute Gasteiger partial charge is 0.493 e. The number of carbonyl (C=O) groups excluding carboxylic acids is 3. The van der Waals surface area contributed by atoms with Gasteiger partial charge in [0.05, 0.1) is 24.2 Å². The highest BCUT2D eigenvalue weighted by molar-refractivity contribution is 9.10. The Bertz CT molecular complexity index is 1440. The van der Waals surface area contributed by atoms with E-state index in [4.69, 9.17) is 21.1 Å². The first kappa shape index (κ1) is 27.8. The molecule has 1 saturated heterocycles. The number of anilines is 1. The van der Waals surface area contributed by atoms with Crippen molar-refractivity contribution in [3.8, 4) is 11.5 Å². The molecule has 1 fully saturated rings. The summed E-state index contributed by atoms with van der Waals surface area (Å²) in [5, 5.41) is 3.07. The highest BCUT2D eigenvalue weighted by Gasteiger charge is 2.35. The van der Waals surface area contributed by atoms with Crippen molar-refractivity contribution >= 4 is 68.1 Å². The lowest BCUT2D eigenvalue weighted by molar-refractivity contribution is -0.123. The van der Waals surface area contributed by atoms with Crippen LogP contribution in [0.15, 0.2) is 64.0 Å². The smallest absolute Gasteiger partial charge is 0.293 e. The molecule has 4 rings (SSSR count). The zero-order valence-corrected chi connectivity index (χ0v) is 24.0. The summed E-state index contributed by atoms with van der Waals surface area (Å²) in [5.74, 6) is 0.0620. The maximum Gasteiger partial charge on any atom is 0.293 e. The van der Waals surface area contributed by atoms with Gasteiger partial charge in [-0.2, -0.15) is 0 Å². The molecule has 38 heavy (non-hydrogen) atoms. The van der Waals surface area contributed by atoms with Crippen molar-refractivity contribution in [2.45, 2.75) is 20.4 Å². The number of methoxy groups -OCH3 is 1. The third-order valence-electron chi connectivity index (χ3n) is 5.83. The lowest BCUT2D eigenvalue weighted by atomic mass is 10.1. The van der Waals surface area contributed by atoms with Crippen molar-refractivity contribution in [2.75, 3.05) is 19.0 Å². The zero-order chi connectivity index (χ0) is 27.4. The standard InChI is InChI=1S/C28H24BrClN2O5S/c1-16-10-21(29)22(11-17(16)2)31-26(33)15-37-23-9-6-19(12-24(23)36-3)13-25-27(34)32(28(35)38-25)14-18-4-7-20(30)8-5-18/h4-13H,14-15H2,1-3H3,(H,31,33)/b25-13-. The molecule has 10 heteroatoms. The highest BCUT2D eigenvalue weighted by atomic mass is 79.9. The number of ether oxygens (including phenoxy) is 2. The molecule has 0 spiro atoms. The molecule has 0 saturated carbocycles. The number of hydrogen-bond donors (Lipinski definition) is 1. The molecular formula is C28H24BrClN2O5S. The average molecular weight is 616 g/mol. The van der Waals surface area contributed by atoms with E-state index in [9.17, 15) is 14.4 Å². The third kappa shape index (κ3) is 6.59. The van der Waals surface area contributed by atoms with Crippen molar-refractivity contribution in [2.24, 2.45) is 0 Å². The summed E-state index contributed by atoms with van der Waals surface area (Å²) in [6.07, 6.45) is 1.63. The minimum Gasteiger partial charge on any atom is -0.493 e. The van der Waals surface area contributed by atoms with Gasteiger partial charge in [-0.05, 0) is 106 Å². The summed E-state index contributed by atoms with van der Waals surface area (Å²) in [4.78, 5) is 39.4. The molecule has 1 heterocycles. The van der Waals surface area contributed by atoms with E-state index in [1.165, 1.54) is 12.0 Å². The van der Waals surface area contributed by atoms with Crippen LogP contribution in [-0.2, 0) is 16.1 Å². The molecule has 1 aliphatic rings. The molecule has 1 N–H and O–H groups in total. The van der Waals surface area contributed by atoms with Gasteiger partial charge >= 0.3 is 0 Å². The Labute approximate surface area is 238 Å². The van der Waals surface area contributed by atoms with E-state index in [-0.39, 0.29) is 30.2 Å². The quantitative estimate of drug-likeness (QED) is 0.275.